The first-order valence-electron chi connectivity index (χ1n) is 4.42. The van der Waals surface area contributed by atoms with Gasteiger partial charge >= 0.3 is 0 Å². The number of hydrogen-bond acceptors (Lipinski definition) is 3. The summed E-state index contributed by atoms with van der Waals surface area (Å²) in [6.45, 7) is 2.09. The molecular weight excluding hydrogens is 154 g/mol. The molecule has 1 unspecified atom stereocenters. The molecule has 2 heterocycles. The van der Waals surface area contributed by atoms with Crippen LogP contribution in [0.25, 0.3) is 0 Å². The fourth-order valence-electron chi connectivity index (χ4n) is 1.83. The molecule has 1 saturated heterocycles. The fourth-order valence-corrected chi connectivity index (χ4v) is 1.83. The SMILES string of the molecule is O[N+]1=CC=NC1C1CCNCC1. The Morgan fingerprint density at radius 2 is 2.17 bits per heavy atom. The lowest BCUT2D eigenvalue weighted by atomic mass is 9.95. The van der Waals surface area contributed by atoms with Gasteiger partial charge in [0.1, 0.15) is 0 Å². The second-order valence-corrected chi connectivity index (χ2v) is 3.33. The van der Waals surface area contributed by atoms with Crippen molar-refractivity contribution < 1.29 is 9.95 Å². The summed E-state index contributed by atoms with van der Waals surface area (Å²) in [5.41, 5.74) is 0. The van der Waals surface area contributed by atoms with E-state index in [-0.39, 0.29) is 6.17 Å². The van der Waals surface area contributed by atoms with Crippen LogP contribution in [-0.2, 0) is 0 Å². The summed E-state index contributed by atoms with van der Waals surface area (Å²) in [6.07, 6.45) is 5.48. The van der Waals surface area contributed by atoms with Gasteiger partial charge in [0.05, 0.1) is 12.1 Å². The monoisotopic (exact) mass is 168 g/mol. The van der Waals surface area contributed by atoms with Crippen molar-refractivity contribution in [2.75, 3.05) is 13.1 Å². The minimum Gasteiger partial charge on any atom is -0.317 e. The summed E-state index contributed by atoms with van der Waals surface area (Å²) < 4.78 is 1.22. The van der Waals surface area contributed by atoms with E-state index in [1.165, 1.54) is 4.74 Å². The van der Waals surface area contributed by atoms with E-state index in [4.69, 9.17) is 0 Å². The molecule has 12 heavy (non-hydrogen) atoms. The molecule has 2 N–H and O–H groups in total. The van der Waals surface area contributed by atoms with Crippen molar-refractivity contribution in [2.45, 2.75) is 19.0 Å². The number of aliphatic imine (C=N–C) groups is 1. The highest BCUT2D eigenvalue weighted by molar-refractivity contribution is 6.14. The molecular formula is C8H14N3O+. The van der Waals surface area contributed by atoms with Crippen LogP contribution in [0.2, 0.25) is 0 Å². The van der Waals surface area contributed by atoms with E-state index in [9.17, 15) is 5.21 Å². The molecule has 0 aliphatic carbocycles. The molecule has 2 aliphatic heterocycles. The third-order valence-electron chi connectivity index (χ3n) is 2.53. The third-order valence-corrected chi connectivity index (χ3v) is 2.53. The minimum absolute atomic E-state index is 0.0212. The van der Waals surface area contributed by atoms with Crippen LogP contribution in [0.3, 0.4) is 0 Å². The van der Waals surface area contributed by atoms with Gasteiger partial charge in [-0.3, -0.25) is 5.21 Å². The number of hydroxylamine groups is 1. The van der Waals surface area contributed by atoms with Gasteiger partial charge in [-0.25, -0.2) is 4.99 Å². The van der Waals surface area contributed by atoms with Crippen LogP contribution in [0, 0.1) is 5.92 Å². The summed E-state index contributed by atoms with van der Waals surface area (Å²) in [5.74, 6) is 0.506. The summed E-state index contributed by atoms with van der Waals surface area (Å²) in [7, 11) is 0. The number of rotatable bonds is 1. The molecule has 0 spiro atoms. The van der Waals surface area contributed by atoms with Crippen molar-refractivity contribution in [3.8, 4) is 0 Å². The van der Waals surface area contributed by atoms with Crippen LogP contribution in [-0.4, -0.2) is 41.6 Å². The van der Waals surface area contributed by atoms with Gasteiger partial charge in [-0.05, 0) is 30.7 Å². The Kier molecular flexibility index (Phi) is 2.08. The van der Waals surface area contributed by atoms with E-state index in [0.717, 1.165) is 25.9 Å². The second-order valence-electron chi connectivity index (χ2n) is 3.33. The Balaban J connectivity index is 1.99. The highest BCUT2D eigenvalue weighted by Gasteiger charge is 2.33. The molecule has 0 saturated carbocycles. The largest absolute Gasteiger partial charge is 0.317 e. The first-order valence-corrected chi connectivity index (χ1v) is 4.42. The van der Waals surface area contributed by atoms with Gasteiger partial charge < -0.3 is 5.32 Å². The molecule has 4 nitrogen and oxygen atoms in total. The van der Waals surface area contributed by atoms with Gasteiger partial charge in [-0.2, -0.15) is 0 Å². The molecule has 4 heteroatoms. The van der Waals surface area contributed by atoms with Crippen LogP contribution < -0.4 is 5.32 Å². The topological polar surface area (TPSA) is 47.6 Å². The van der Waals surface area contributed by atoms with Gasteiger partial charge in [-0.1, -0.05) is 0 Å². The summed E-state index contributed by atoms with van der Waals surface area (Å²) in [6, 6.07) is 0. The molecule has 1 atom stereocenters. The zero-order valence-corrected chi connectivity index (χ0v) is 6.98. The zero-order chi connectivity index (χ0) is 8.39. The number of hydrogen-bond donors (Lipinski definition) is 2. The van der Waals surface area contributed by atoms with Crippen molar-refractivity contribution in [2.24, 2.45) is 10.9 Å². The van der Waals surface area contributed by atoms with Crippen LogP contribution >= 0.6 is 0 Å². The van der Waals surface area contributed by atoms with Crippen LogP contribution in [0.1, 0.15) is 12.8 Å². The first-order chi connectivity index (χ1) is 5.88. The van der Waals surface area contributed by atoms with E-state index in [1.54, 1.807) is 12.4 Å². The molecule has 0 bridgehead atoms. The van der Waals surface area contributed by atoms with Crippen molar-refractivity contribution >= 4 is 12.4 Å². The first kappa shape index (κ1) is 7.73. The Labute approximate surface area is 71.6 Å². The average molecular weight is 168 g/mol. The number of nitrogens with one attached hydrogen (secondary N) is 1. The molecule has 1 fully saturated rings. The Morgan fingerprint density at radius 3 is 2.75 bits per heavy atom. The molecule has 2 rings (SSSR count). The Hall–Kier alpha value is -0.900. The second kappa shape index (κ2) is 3.23. The predicted octanol–water partition coefficient (Wildman–Crippen LogP) is -0.131. The summed E-state index contributed by atoms with van der Waals surface area (Å²) in [5, 5.41) is 12.7. The van der Waals surface area contributed by atoms with Gasteiger partial charge in [-0.15, -0.1) is 0 Å². The predicted molar refractivity (Wildman–Crippen MR) is 46.0 cm³/mol. The quantitative estimate of drug-likeness (QED) is 0.423. The minimum atomic E-state index is -0.0212. The lowest BCUT2D eigenvalue weighted by Crippen LogP contribution is -2.36. The highest BCUT2D eigenvalue weighted by Crippen LogP contribution is 2.19. The molecule has 66 valence electrons. The van der Waals surface area contributed by atoms with E-state index in [1.807, 2.05) is 0 Å². The lowest BCUT2D eigenvalue weighted by molar-refractivity contribution is -0.796. The maximum absolute atomic E-state index is 9.37. The van der Waals surface area contributed by atoms with Gasteiger partial charge in [0.2, 0.25) is 6.21 Å². The van der Waals surface area contributed by atoms with E-state index < -0.39 is 0 Å². The number of piperidine rings is 1. The van der Waals surface area contributed by atoms with Gasteiger partial charge in [0, 0.05) is 0 Å². The van der Waals surface area contributed by atoms with Crippen LogP contribution in [0.15, 0.2) is 4.99 Å². The van der Waals surface area contributed by atoms with Gasteiger partial charge in [0.25, 0.3) is 6.17 Å². The van der Waals surface area contributed by atoms with Gasteiger partial charge in [0.15, 0.2) is 0 Å². The molecule has 0 aromatic rings. The highest BCUT2D eigenvalue weighted by atomic mass is 16.5. The lowest BCUT2D eigenvalue weighted by Gasteiger charge is -2.21. The van der Waals surface area contributed by atoms with Crippen molar-refractivity contribution in [3.63, 3.8) is 0 Å². The van der Waals surface area contributed by atoms with E-state index >= 15 is 0 Å². The Bertz CT molecular complexity index is 218. The normalized spacial score (nSPS) is 30.7. The summed E-state index contributed by atoms with van der Waals surface area (Å²) >= 11 is 0. The maximum atomic E-state index is 9.37. The molecule has 0 amide bonds. The fraction of sp³-hybridized carbons (Fsp3) is 0.750. The van der Waals surface area contributed by atoms with E-state index in [0.29, 0.717) is 5.92 Å². The van der Waals surface area contributed by atoms with Crippen LogP contribution in [0.4, 0.5) is 0 Å². The standard InChI is InChI=1S/C8H14N3O/c12-11-6-5-10-8(11)7-1-3-9-4-2-7/h5-9,12H,1-4H2/q+1. The van der Waals surface area contributed by atoms with Crippen LogP contribution in [0.5, 0.6) is 0 Å². The van der Waals surface area contributed by atoms with Crippen molar-refractivity contribution in [1.29, 1.82) is 0 Å². The maximum Gasteiger partial charge on any atom is 0.296 e. The zero-order valence-electron chi connectivity index (χ0n) is 6.98. The molecule has 0 radical (unpaired) electrons. The Morgan fingerprint density at radius 1 is 1.42 bits per heavy atom. The van der Waals surface area contributed by atoms with E-state index in [2.05, 4.69) is 10.3 Å². The number of nitrogens with zero attached hydrogens (tertiary/aromatic N) is 2. The smallest absolute Gasteiger partial charge is 0.296 e. The van der Waals surface area contributed by atoms with Crippen molar-refractivity contribution in [1.82, 2.24) is 5.32 Å². The molecule has 2 aliphatic rings. The third kappa shape index (κ3) is 1.34. The van der Waals surface area contributed by atoms with Crippen molar-refractivity contribution in [3.05, 3.63) is 0 Å². The molecule has 0 aromatic carbocycles. The summed E-state index contributed by atoms with van der Waals surface area (Å²) in [4.78, 5) is 4.21. The molecule has 0 aromatic heterocycles. The average Bonchev–Trinajstić information content (AvgIpc) is 2.53.